The maximum atomic E-state index is 15.8. The van der Waals surface area contributed by atoms with Crippen molar-refractivity contribution >= 4 is 33.8 Å². The van der Waals surface area contributed by atoms with Crippen molar-refractivity contribution in [3.63, 3.8) is 0 Å². The summed E-state index contributed by atoms with van der Waals surface area (Å²) in [7, 11) is -1.27. The molecule has 1 aliphatic rings. The van der Waals surface area contributed by atoms with Gasteiger partial charge in [0.1, 0.15) is 17.3 Å². The Kier molecular flexibility index (Phi) is 7.04. The minimum absolute atomic E-state index is 0.239. The van der Waals surface area contributed by atoms with Crippen LogP contribution in [0.15, 0.2) is 71.9 Å². The Labute approximate surface area is 231 Å². The van der Waals surface area contributed by atoms with Crippen LogP contribution in [-0.2, 0) is 16.7 Å². The molecule has 0 saturated carbocycles. The maximum absolute atomic E-state index is 15.8. The number of nitrogens with zero attached hydrogens (tertiary/aromatic N) is 3. The summed E-state index contributed by atoms with van der Waals surface area (Å²) in [6, 6.07) is 15.3. The third kappa shape index (κ3) is 5.19. The molecule has 4 aromatic rings. The van der Waals surface area contributed by atoms with E-state index in [0.29, 0.717) is 32.4 Å². The van der Waals surface area contributed by atoms with Gasteiger partial charge in [0.05, 0.1) is 22.1 Å². The first-order valence-electron chi connectivity index (χ1n) is 11.9. The number of hydrogen-bond acceptors (Lipinski definition) is 5. The number of aryl methyl sites for hydroxylation is 2. The van der Waals surface area contributed by atoms with Gasteiger partial charge in [0.25, 0.3) is 5.92 Å². The second-order valence-electron chi connectivity index (χ2n) is 9.34. The van der Waals surface area contributed by atoms with Gasteiger partial charge in [0, 0.05) is 58.5 Å². The van der Waals surface area contributed by atoms with Crippen LogP contribution in [0.4, 0.5) is 18.9 Å². The fourth-order valence-corrected chi connectivity index (χ4v) is 5.32. The maximum Gasteiger partial charge on any atom is 0.288 e. The Balaban J connectivity index is 1.74. The zero-order valence-corrected chi connectivity index (χ0v) is 23.1. The number of nitrogens with one attached hydrogen (secondary N) is 2. The van der Waals surface area contributed by atoms with E-state index in [1.165, 1.54) is 16.8 Å². The van der Waals surface area contributed by atoms with Crippen LogP contribution in [0.2, 0.25) is 5.02 Å². The second-order valence-corrected chi connectivity index (χ2v) is 11.1. The normalized spacial score (nSPS) is 14.4. The van der Waals surface area contributed by atoms with Crippen LogP contribution < -0.4 is 16.0 Å². The third-order valence-corrected chi connectivity index (χ3v) is 7.63. The van der Waals surface area contributed by atoms with Crippen LogP contribution in [0, 0.1) is 19.7 Å². The molecule has 39 heavy (non-hydrogen) atoms. The van der Waals surface area contributed by atoms with E-state index in [9.17, 15) is 13.0 Å². The van der Waals surface area contributed by atoms with Gasteiger partial charge in [-0.05, 0) is 49.2 Å². The number of imidazole rings is 1. The first kappa shape index (κ1) is 27.0. The predicted molar refractivity (Wildman–Crippen MR) is 149 cm³/mol. The highest BCUT2D eigenvalue weighted by Crippen LogP contribution is 2.39. The van der Waals surface area contributed by atoms with Gasteiger partial charge < -0.3 is 9.99 Å². The lowest BCUT2D eigenvalue weighted by Crippen LogP contribution is -2.37. The summed E-state index contributed by atoms with van der Waals surface area (Å²) in [6.07, 6.45) is 4.46. The molecule has 1 aromatic heterocycles. The van der Waals surface area contributed by atoms with Gasteiger partial charge in [-0.15, -0.1) is 5.53 Å². The summed E-state index contributed by atoms with van der Waals surface area (Å²) >= 11 is 6.59. The number of halogens is 4. The summed E-state index contributed by atoms with van der Waals surface area (Å²) in [5.41, 5.74) is 9.34. The Morgan fingerprint density at radius 3 is 2.46 bits per heavy atom. The van der Waals surface area contributed by atoms with Crippen molar-refractivity contribution in [1.29, 1.82) is 0 Å². The van der Waals surface area contributed by atoms with Gasteiger partial charge in [-0.25, -0.2) is 9.37 Å². The Morgan fingerprint density at radius 2 is 1.79 bits per heavy atom. The molecule has 6 nitrogen and oxygen atoms in total. The average molecular weight is 572 g/mol. The van der Waals surface area contributed by atoms with E-state index in [1.54, 1.807) is 54.7 Å². The standard InChI is InChI=1S/C28H25ClF3N5OS/c1-16-8-9-20(22(29)10-16)26-14-33-35-37(26)25-12-21(18-6-5-7-19(11-18)39(4)38)23(30)13-24(25)36-15-27(28(3,31)32)34-17(36)2/h5-15,33,35H,1-4H3. The van der Waals surface area contributed by atoms with Gasteiger partial charge in [-0.2, -0.15) is 8.78 Å². The van der Waals surface area contributed by atoms with Crippen LogP contribution in [0.3, 0.4) is 0 Å². The number of aromatic nitrogens is 2. The molecule has 0 amide bonds. The van der Waals surface area contributed by atoms with Crippen LogP contribution in [0.5, 0.6) is 0 Å². The molecule has 0 bridgehead atoms. The van der Waals surface area contributed by atoms with E-state index >= 15 is 4.39 Å². The second kappa shape index (κ2) is 10.2. The minimum atomic E-state index is -3.18. The van der Waals surface area contributed by atoms with Gasteiger partial charge in [-0.1, -0.05) is 35.9 Å². The SMILES string of the molecule is Cc1ccc(C2=CNNN2c2cc(-c3cccc(S(C)=O)c3)c(F)cc2-n2cc(C(C)(F)F)nc2C)c(Cl)c1. The summed E-state index contributed by atoms with van der Waals surface area (Å²) in [4.78, 5) is 4.58. The van der Waals surface area contributed by atoms with Crippen molar-refractivity contribution in [3.8, 4) is 16.8 Å². The average Bonchev–Trinajstić information content (AvgIpc) is 3.51. The highest BCUT2D eigenvalue weighted by Gasteiger charge is 2.31. The Hall–Kier alpha value is -3.60. The zero-order chi connectivity index (χ0) is 28.1. The molecule has 0 radical (unpaired) electrons. The molecule has 0 saturated heterocycles. The highest BCUT2D eigenvalue weighted by molar-refractivity contribution is 7.84. The predicted octanol–water partition coefficient (Wildman–Crippen LogP) is 6.63. The zero-order valence-electron chi connectivity index (χ0n) is 21.5. The largest absolute Gasteiger partial charge is 0.309 e. The van der Waals surface area contributed by atoms with Crippen molar-refractivity contribution in [2.45, 2.75) is 31.6 Å². The molecule has 0 spiro atoms. The van der Waals surface area contributed by atoms with Crippen molar-refractivity contribution < 1.29 is 17.4 Å². The molecule has 202 valence electrons. The van der Waals surface area contributed by atoms with E-state index in [0.717, 1.165) is 12.5 Å². The smallest absolute Gasteiger partial charge is 0.288 e. The summed E-state index contributed by atoms with van der Waals surface area (Å²) in [5.74, 6) is -3.51. The van der Waals surface area contributed by atoms with Crippen molar-refractivity contribution in [2.75, 3.05) is 11.3 Å². The van der Waals surface area contributed by atoms with E-state index in [4.69, 9.17) is 11.6 Å². The highest BCUT2D eigenvalue weighted by atomic mass is 35.5. The van der Waals surface area contributed by atoms with Crippen molar-refractivity contribution in [1.82, 2.24) is 20.5 Å². The number of anilines is 1. The lowest BCUT2D eigenvalue weighted by molar-refractivity contribution is 0.0130. The van der Waals surface area contributed by atoms with E-state index in [2.05, 4.69) is 15.9 Å². The first-order chi connectivity index (χ1) is 18.4. The quantitative estimate of drug-likeness (QED) is 0.272. The number of alkyl halides is 2. The van der Waals surface area contributed by atoms with Crippen LogP contribution in [0.1, 0.15) is 29.6 Å². The molecule has 0 fully saturated rings. The summed E-state index contributed by atoms with van der Waals surface area (Å²) < 4.78 is 57.6. The number of hydrogen-bond donors (Lipinski definition) is 2. The molecule has 0 aliphatic carbocycles. The van der Waals surface area contributed by atoms with Gasteiger partial charge >= 0.3 is 0 Å². The van der Waals surface area contributed by atoms with Gasteiger partial charge in [0.2, 0.25) is 0 Å². The fraction of sp³-hybridized carbons (Fsp3) is 0.179. The molecule has 1 unspecified atom stereocenters. The Morgan fingerprint density at radius 1 is 1.03 bits per heavy atom. The van der Waals surface area contributed by atoms with E-state index in [-0.39, 0.29) is 17.1 Å². The van der Waals surface area contributed by atoms with Gasteiger partial charge in [0.15, 0.2) is 0 Å². The third-order valence-electron chi connectivity index (χ3n) is 6.40. The molecule has 5 rings (SSSR count). The summed E-state index contributed by atoms with van der Waals surface area (Å²) in [6.45, 7) is 4.27. The topological polar surface area (TPSA) is 62.2 Å². The molecule has 11 heteroatoms. The number of hydrazine groups is 2. The van der Waals surface area contributed by atoms with Crippen molar-refractivity contribution in [3.05, 3.63) is 100 Å². The van der Waals surface area contributed by atoms with Crippen LogP contribution >= 0.6 is 11.6 Å². The molecule has 2 heterocycles. The molecular formula is C28H25ClF3N5OS. The van der Waals surface area contributed by atoms with E-state index < -0.39 is 28.2 Å². The molecule has 3 aromatic carbocycles. The van der Waals surface area contributed by atoms with E-state index in [1.807, 2.05) is 25.1 Å². The van der Waals surface area contributed by atoms with Crippen LogP contribution in [0.25, 0.3) is 22.5 Å². The molecule has 1 atom stereocenters. The van der Waals surface area contributed by atoms with Gasteiger partial charge in [-0.3, -0.25) is 9.22 Å². The minimum Gasteiger partial charge on any atom is -0.309 e. The lowest BCUT2D eigenvalue weighted by atomic mass is 10.0. The molecular weight excluding hydrogens is 547 g/mol. The number of rotatable bonds is 6. The fourth-order valence-electron chi connectivity index (χ4n) is 4.42. The Bertz CT molecular complexity index is 1650. The first-order valence-corrected chi connectivity index (χ1v) is 13.9. The number of benzene rings is 3. The molecule has 1 aliphatic heterocycles. The monoisotopic (exact) mass is 571 g/mol. The van der Waals surface area contributed by atoms with Crippen molar-refractivity contribution in [2.24, 2.45) is 0 Å². The lowest BCUT2D eigenvalue weighted by Gasteiger charge is -2.26. The molecule has 2 N–H and O–H groups in total. The van der Waals surface area contributed by atoms with Crippen LogP contribution in [-0.4, -0.2) is 20.0 Å². The summed E-state index contributed by atoms with van der Waals surface area (Å²) in [5, 5.41) is 2.17.